The van der Waals surface area contributed by atoms with Crippen molar-refractivity contribution in [2.24, 2.45) is 0 Å². The smallest absolute Gasteiger partial charge is 0.326 e. The van der Waals surface area contributed by atoms with E-state index in [0.717, 1.165) is 5.56 Å². The van der Waals surface area contributed by atoms with Crippen LogP contribution in [0.2, 0.25) is 0 Å². The van der Waals surface area contributed by atoms with E-state index in [2.05, 4.69) is 5.32 Å². The number of carbonyl (C=O) groups excluding carboxylic acids is 3. The van der Waals surface area contributed by atoms with E-state index in [1.807, 2.05) is 38.1 Å². The van der Waals surface area contributed by atoms with E-state index >= 15 is 0 Å². The minimum atomic E-state index is -0.288. The molecule has 1 atom stereocenters. The van der Waals surface area contributed by atoms with Crippen molar-refractivity contribution in [2.75, 3.05) is 20.1 Å². The monoisotopic (exact) mass is 317 g/mol. The topological polar surface area (TPSA) is 69.7 Å². The Morgan fingerprint density at radius 2 is 1.91 bits per heavy atom. The van der Waals surface area contributed by atoms with Crippen LogP contribution in [0.1, 0.15) is 36.9 Å². The maximum absolute atomic E-state index is 12.0. The van der Waals surface area contributed by atoms with Crippen molar-refractivity contribution < 1.29 is 14.4 Å². The molecule has 124 valence electrons. The van der Waals surface area contributed by atoms with Crippen LogP contribution < -0.4 is 5.32 Å². The zero-order chi connectivity index (χ0) is 17.0. The van der Waals surface area contributed by atoms with Gasteiger partial charge in [-0.25, -0.2) is 4.79 Å². The molecule has 0 saturated carbocycles. The number of aryl methyl sites for hydroxylation is 1. The molecular weight excluding hydrogens is 294 g/mol. The molecule has 4 amide bonds. The SMILES string of the molecule is Cc1ccc(C(C)NC(=O)CCCN2C(=O)CN(C)C2=O)cc1. The molecule has 0 aromatic heterocycles. The van der Waals surface area contributed by atoms with E-state index < -0.39 is 0 Å². The predicted octanol–water partition coefficient (Wildman–Crippen LogP) is 1.85. The van der Waals surface area contributed by atoms with E-state index in [4.69, 9.17) is 0 Å². The molecule has 23 heavy (non-hydrogen) atoms. The fourth-order valence-corrected chi connectivity index (χ4v) is 2.54. The van der Waals surface area contributed by atoms with Crippen molar-refractivity contribution in [3.05, 3.63) is 35.4 Å². The zero-order valence-electron chi connectivity index (χ0n) is 13.8. The summed E-state index contributed by atoms with van der Waals surface area (Å²) in [5, 5.41) is 2.93. The maximum Gasteiger partial charge on any atom is 0.326 e. The van der Waals surface area contributed by atoms with Crippen molar-refractivity contribution in [3.8, 4) is 0 Å². The van der Waals surface area contributed by atoms with Crippen LogP contribution in [0.3, 0.4) is 0 Å². The molecule has 1 N–H and O–H groups in total. The van der Waals surface area contributed by atoms with Gasteiger partial charge >= 0.3 is 6.03 Å². The summed E-state index contributed by atoms with van der Waals surface area (Å²) in [7, 11) is 1.59. The molecule has 0 spiro atoms. The average Bonchev–Trinajstić information content (AvgIpc) is 2.74. The first-order valence-electron chi connectivity index (χ1n) is 7.80. The molecule has 1 unspecified atom stereocenters. The number of hydrogen-bond acceptors (Lipinski definition) is 3. The van der Waals surface area contributed by atoms with E-state index in [0.29, 0.717) is 6.42 Å². The number of nitrogens with zero attached hydrogens (tertiary/aromatic N) is 2. The van der Waals surface area contributed by atoms with Crippen molar-refractivity contribution in [3.63, 3.8) is 0 Å². The van der Waals surface area contributed by atoms with Crippen LogP contribution in [0.25, 0.3) is 0 Å². The molecule has 0 bridgehead atoms. The Labute approximate surface area is 136 Å². The van der Waals surface area contributed by atoms with Crippen molar-refractivity contribution in [2.45, 2.75) is 32.7 Å². The number of nitrogens with one attached hydrogen (secondary N) is 1. The largest absolute Gasteiger partial charge is 0.350 e. The molecule has 0 radical (unpaired) electrons. The normalized spacial score (nSPS) is 16.0. The molecule has 6 heteroatoms. The summed E-state index contributed by atoms with van der Waals surface area (Å²) >= 11 is 0. The summed E-state index contributed by atoms with van der Waals surface area (Å²) in [6.07, 6.45) is 0.759. The predicted molar refractivity (Wildman–Crippen MR) is 86.7 cm³/mol. The Hall–Kier alpha value is -2.37. The van der Waals surface area contributed by atoms with Crippen LogP contribution in [0.4, 0.5) is 4.79 Å². The molecule has 6 nitrogen and oxygen atoms in total. The number of imide groups is 1. The lowest BCUT2D eigenvalue weighted by Crippen LogP contribution is -2.33. The highest BCUT2D eigenvalue weighted by Crippen LogP contribution is 2.14. The Bertz CT molecular complexity index is 598. The summed E-state index contributed by atoms with van der Waals surface area (Å²) < 4.78 is 0. The van der Waals surface area contributed by atoms with Crippen molar-refractivity contribution in [1.29, 1.82) is 0 Å². The standard InChI is InChI=1S/C17H23N3O3/c1-12-6-8-14(9-7-12)13(2)18-15(21)5-4-10-20-16(22)11-19(3)17(20)23/h6-9,13H,4-5,10-11H2,1-3H3,(H,18,21). The number of urea groups is 1. The fraction of sp³-hybridized carbons (Fsp3) is 0.471. The first-order chi connectivity index (χ1) is 10.9. The number of likely N-dealkylation sites (N-methyl/N-ethyl adjacent to an activating group) is 1. The molecule has 1 aliphatic rings. The van der Waals surface area contributed by atoms with Gasteiger partial charge in [0, 0.05) is 20.0 Å². The Morgan fingerprint density at radius 3 is 2.48 bits per heavy atom. The number of hydrogen-bond donors (Lipinski definition) is 1. The van der Waals surface area contributed by atoms with Crippen LogP contribution in [0.5, 0.6) is 0 Å². The van der Waals surface area contributed by atoms with E-state index in [1.165, 1.54) is 15.4 Å². The van der Waals surface area contributed by atoms with Gasteiger partial charge in [-0.3, -0.25) is 14.5 Å². The molecule has 1 heterocycles. The summed E-state index contributed by atoms with van der Waals surface area (Å²) in [4.78, 5) is 37.9. The van der Waals surface area contributed by atoms with Gasteiger partial charge in [0.15, 0.2) is 0 Å². The summed E-state index contributed by atoms with van der Waals surface area (Å²) in [6.45, 7) is 4.36. The van der Waals surface area contributed by atoms with Crippen LogP contribution in [0, 0.1) is 6.92 Å². The molecule has 0 aliphatic carbocycles. The van der Waals surface area contributed by atoms with Gasteiger partial charge in [0.1, 0.15) is 6.54 Å². The van der Waals surface area contributed by atoms with Crippen LogP contribution in [0.15, 0.2) is 24.3 Å². The van der Waals surface area contributed by atoms with E-state index in [-0.39, 0.29) is 43.4 Å². The van der Waals surface area contributed by atoms with Gasteiger partial charge in [0.2, 0.25) is 11.8 Å². The second-order valence-electron chi connectivity index (χ2n) is 5.99. The van der Waals surface area contributed by atoms with Gasteiger partial charge in [0.25, 0.3) is 0 Å². The quantitative estimate of drug-likeness (QED) is 0.814. The van der Waals surface area contributed by atoms with Gasteiger partial charge in [0.05, 0.1) is 6.04 Å². The summed E-state index contributed by atoms with van der Waals surface area (Å²) in [5.74, 6) is -0.281. The van der Waals surface area contributed by atoms with Crippen molar-refractivity contribution >= 4 is 17.8 Å². The number of benzene rings is 1. The highest BCUT2D eigenvalue weighted by Gasteiger charge is 2.32. The van der Waals surface area contributed by atoms with Gasteiger partial charge < -0.3 is 10.2 Å². The van der Waals surface area contributed by atoms with Crippen LogP contribution >= 0.6 is 0 Å². The summed E-state index contributed by atoms with van der Waals surface area (Å²) in [6, 6.07) is 7.67. The second kappa shape index (κ2) is 7.26. The first-order valence-corrected chi connectivity index (χ1v) is 7.80. The Kier molecular flexibility index (Phi) is 5.36. The Balaban J connectivity index is 1.76. The minimum Gasteiger partial charge on any atom is -0.350 e. The number of carbonyl (C=O) groups is 3. The fourth-order valence-electron chi connectivity index (χ4n) is 2.54. The average molecular weight is 317 g/mol. The lowest BCUT2D eigenvalue weighted by atomic mass is 10.1. The molecule has 1 saturated heterocycles. The van der Waals surface area contributed by atoms with Crippen LogP contribution in [-0.2, 0) is 9.59 Å². The third-order valence-corrected chi connectivity index (χ3v) is 3.97. The van der Waals surface area contributed by atoms with Gasteiger partial charge in [-0.15, -0.1) is 0 Å². The molecule has 1 fully saturated rings. The maximum atomic E-state index is 12.0. The zero-order valence-corrected chi connectivity index (χ0v) is 13.8. The van der Waals surface area contributed by atoms with Crippen molar-refractivity contribution in [1.82, 2.24) is 15.1 Å². The minimum absolute atomic E-state index is 0.0655. The molecular formula is C17H23N3O3. The molecule has 1 aromatic rings. The number of rotatable bonds is 6. The lowest BCUT2D eigenvalue weighted by Gasteiger charge is -2.16. The molecule has 2 rings (SSSR count). The van der Waals surface area contributed by atoms with Gasteiger partial charge in [-0.1, -0.05) is 29.8 Å². The third kappa shape index (κ3) is 4.31. The summed E-state index contributed by atoms with van der Waals surface area (Å²) in [5.41, 5.74) is 2.23. The highest BCUT2D eigenvalue weighted by molar-refractivity contribution is 6.01. The lowest BCUT2D eigenvalue weighted by molar-refractivity contribution is -0.126. The van der Waals surface area contributed by atoms with Gasteiger partial charge in [-0.05, 0) is 25.8 Å². The highest BCUT2D eigenvalue weighted by atomic mass is 16.2. The van der Waals surface area contributed by atoms with Gasteiger partial charge in [-0.2, -0.15) is 0 Å². The van der Waals surface area contributed by atoms with Crippen LogP contribution in [-0.4, -0.2) is 47.8 Å². The number of amides is 4. The molecule has 1 aliphatic heterocycles. The van der Waals surface area contributed by atoms with E-state index in [1.54, 1.807) is 7.05 Å². The first kappa shape index (κ1) is 17.0. The molecule has 1 aromatic carbocycles. The Morgan fingerprint density at radius 1 is 1.26 bits per heavy atom. The van der Waals surface area contributed by atoms with E-state index in [9.17, 15) is 14.4 Å². The third-order valence-electron chi connectivity index (χ3n) is 3.97. The second-order valence-corrected chi connectivity index (χ2v) is 5.99.